The topological polar surface area (TPSA) is 231 Å². The van der Waals surface area contributed by atoms with Crippen molar-refractivity contribution >= 4 is 33.6 Å². The molecular weight excluding hydrogens is 1310 g/mol. The summed E-state index contributed by atoms with van der Waals surface area (Å²) < 4.78 is 61.1. The molecule has 0 aromatic heterocycles. The molecule has 0 aliphatic carbocycles. The highest BCUT2D eigenvalue weighted by Gasteiger charge is 2.29. The fraction of sp³-hybridized carbons (Fsp3) is 0.651. The molecule has 0 bridgehead atoms. The van der Waals surface area contributed by atoms with Crippen LogP contribution in [0.15, 0.2) is 158 Å². The van der Waals surface area contributed by atoms with E-state index in [1.165, 1.54) is 77.0 Å². The minimum absolute atomic E-state index is 0.0550. The fourth-order valence-electron chi connectivity index (χ4n) is 9.80. The Kier molecular flexibility index (Phi) is 71.3. The summed E-state index contributed by atoms with van der Waals surface area (Å²) in [5, 5.41) is 20.6. The normalized spacial score (nSPS) is 14.9. The second-order valence-corrected chi connectivity index (χ2v) is 28.3. The Labute approximate surface area is 612 Å². The summed E-state index contributed by atoms with van der Waals surface area (Å²) in [6.07, 6.45) is 92.8. The number of phosphoric ester groups is 2. The average molecular weight is 1450 g/mol. The number of aliphatic hydroxyl groups excluding tert-OH is 2. The molecule has 0 saturated carbocycles. The number of allylic oxidation sites excluding steroid dienone is 26. The van der Waals surface area contributed by atoms with Gasteiger partial charge in [0.1, 0.15) is 25.4 Å². The van der Waals surface area contributed by atoms with Crippen molar-refractivity contribution in [2.75, 3.05) is 39.6 Å². The molecule has 576 valence electrons. The molecule has 0 spiro atoms. The van der Waals surface area contributed by atoms with Gasteiger partial charge in [-0.05, 0) is 154 Å². The van der Waals surface area contributed by atoms with E-state index in [9.17, 15) is 43.5 Å². The average Bonchev–Trinajstić information content (AvgIpc) is 0.976. The smallest absolute Gasteiger partial charge is 0.463 e. The predicted molar refractivity (Wildman–Crippen MR) is 417 cm³/mol. The Morgan fingerprint density at radius 3 is 0.842 bits per heavy atom. The van der Waals surface area contributed by atoms with E-state index in [0.29, 0.717) is 19.3 Å². The number of aliphatic hydroxyl groups is 2. The van der Waals surface area contributed by atoms with Crippen molar-refractivity contribution in [3.05, 3.63) is 158 Å². The van der Waals surface area contributed by atoms with Crippen molar-refractivity contribution in [3.63, 3.8) is 0 Å². The molecule has 0 rings (SSSR count). The fourth-order valence-corrected chi connectivity index (χ4v) is 11.4. The van der Waals surface area contributed by atoms with Crippen molar-refractivity contribution in [2.45, 2.75) is 309 Å². The van der Waals surface area contributed by atoms with Gasteiger partial charge in [0, 0.05) is 19.3 Å². The minimum Gasteiger partial charge on any atom is -0.463 e. The molecule has 0 saturated heterocycles. The lowest BCUT2D eigenvalue weighted by molar-refractivity contribution is -0.161. The Morgan fingerprint density at radius 2 is 0.525 bits per heavy atom. The number of phosphoric acid groups is 2. The number of rotatable bonds is 72. The molecule has 0 aliphatic heterocycles. The molecule has 0 amide bonds. The maximum absolute atomic E-state index is 13.0. The summed E-state index contributed by atoms with van der Waals surface area (Å²) in [4.78, 5) is 58.7. The Bertz CT molecular complexity index is 2470. The lowest BCUT2D eigenvalue weighted by Crippen LogP contribution is -2.30. The van der Waals surface area contributed by atoms with Gasteiger partial charge in [0.05, 0.1) is 26.4 Å². The number of hydrogen-bond acceptors (Lipinski definition) is 14. The molecule has 5 atom stereocenters. The second-order valence-electron chi connectivity index (χ2n) is 25.4. The highest BCUT2D eigenvalue weighted by atomic mass is 31.2. The lowest BCUT2D eigenvalue weighted by Gasteiger charge is -2.21. The third-order valence-electron chi connectivity index (χ3n) is 15.7. The standard InChI is InChI=1S/C83H138O16P2/c1-4-7-10-13-16-19-22-25-28-31-34-36-37-38-39-41-44-45-48-51-54-57-60-63-66-69-81(86)93-72-78(84)73-95-100(89,90)96-74-79(85)75-97-101(91,92)98-77-80(99-83(88)71-68-65-62-59-56-53-50-47-42-33-30-27-24-21-18-15-12-9-6-3)76-94-82(87)70-67-64-61-58-55-52-49-46-43-40-35-32-29-26-23-20-17-14-11-8-5-2/h9,12,16-21,25-30,34-36,38-40,42,46-47,49,53,56,78-80,84-85H,4-8,10-11,13-15,22-24,31-33,37,41,43-45,48,50-52,54-55,57-77H2,1-3H3,(H,89,90)(H,91,92)/b12-9-,19-16-,20-17-,21-18-,28-25-,29-26-,30-27-,36-34-,39-38-,40-35-,47-42-,49-46-,56-53-. The van der Waals surface area contributed by atoms with Crippen LogP contribution >= 0.6 is 15.6 Å². The van der Waals surface area contributed by atoms with Crippen molar-refractivity contribution < 1.29 is 75.8 Å². The maximum Gasteiger partial charge on any atom is 0.472 e. The van der Waals surface area contributed by atoms with E-state index in [2.05, 4.69) is 179 Å². The number of carbonyl (C=O) groups is 3. The largest absolute Gasteiger partial charge is 0.472 e. The van der Waals surface area contributed by atoms with Gasteiger partial charge in [0.2, 0.25) is 0 Å². The molecule has 5 unspecified atom stereocenters. The summed E-state index contributed by atoms with van der Waals surface area (Å²) in [5.74, 6) is -1.65. The van der Waals surface area contributed by atoms with Crippen molar-refractivity contribution in [3.8, 4) is 0 Å². The highest BCUT2D eigenvalue weighted by Crippen LogP contribution is 2.45. The summed E-state index contributed by atoms with van der Waals surface area (Å²) >= 11 is 0. The molecule has 0 aromatic carbocycles. The van der Waals surface area contributed by atoms with Crippen LogP contribution in [0.2, 0.25) is 0 Å². The van der Waals surface area contributed by atoms with Crippen LogP contribution in [0.3, 0.4) is 0 Å². The van der Waals surface area contributed by atoms with Gasteiger partial charge in [-0.25, -0.2) is 9.13 Å². The van der Waals surface area contributed by atoms with Crippen LogP contribution < -0.4 is 0 Å². The van der Waals surface area contributed by atoms with Crippen molar-refractivity contribution in [1.82, 2.24) is 0 Å². The molecule has 0 aliphatic rings. The molecule has 101 heavy (non-hydrogen) atoms. The molecule has 16 nitrogen and oxygen atoms in total. The lowest BCUT2D eigenvalue weighted by atomic mass is 10.1. The van der Waals surface area contributed by atoms with E-state index < -0.39 is 91.5 Å². The summed E-state index contributed by atoms with van der Waals surface area (Å²) in [7, 11) is -9.82. The van der Waals surface area contributed by atoms with Gasteiger partial charge < -0.3 is 34.2 Å². The summed E-state index contributed by atoms with van der Waals surface area (Å²) in [5.41, 5.74) is 0. The van der Waals surface area contributed by atoms with Crippen LogP contribution in [-0.2, 0) is 55.8 Å². The molecular formula is C83H138O16P2. The van der Waals surface area contributed by atoms with Gasteiger partial charge in [-0.2, -0.15) is 0 Å². The van der Waals surface area contributed by atoms with Crippen LogP contribution in [0.25, 0.3) is 0 Å². The molecule has 0 fully saturated rings. The first-order chi connectivity index (χ1) is 49.2. The first kappa shape index (κ1) is 96.2. The second kappa shape index (κ2) is 74.9. The van der Waals surface area contributed by atoms with Gasteiger partial charge in [0.15, 0.2) is 6.10 Å². The summed E-state index contributed by atoms with van der Waals surface area (Å²) in [6.45, 7) is 2.43. The van der Waals surface area contributed by atoms with Crippen LogP contribution in [-0.4, -0.2) is 95.9 Å². The number of unbranched alkanes of at least 4 members (excludes halogenated alkanes) is 23. The van der Waals surface area contributed by atoms with E-state index in [0.717, 1.165) is 154 Å². The zero-order valence-corrected chi connectivity index (χ0v) is 64.6. The molecule has 18 heteroatoms. The molecule has 4 N–H and O–H groups in total. The quantitative estimate of drug-likeness (QED) is 0.0146. The molecule has 0 aromatic rings. The van der Waals surface area contributed by atoms with Crippen LogP contribution in [0.5, 0.6) is 0 Å². The number of ether oxygens (including phenoxy) is 3. The summed E-state index contributed by atoms with van der Waals surface area (Å²) in [6, 6.07) is 0. The van der Waals surface area contributed by atoms with Crippen molar-refractivity contribution in [1.29, 1.82) is 0 Å². The van der Waals surface area contributed by atoms with E-state index in [-0.39, 0.29) is 19.3 Å². The highest BCUT2D eigenvalue weighted by molar-refractivity contribution is 7.47. The number of carbonyl (C=O) groups excluding carboxylic acids is 3. The Balaban J connectivity index is 4.72. The van der Waals surface area contributed by atoms with E-state index in [1.807, 2.05) is 0 Å². The van der Waals surface area contributed by atoms with Gasteiger partial charge in [-0.15, -0.1) is 0 Å². The first-order valence-electron chi connectivity index (χ1n) is 38.8. The van der Waals surface area contributed by atoms with Gasteiger partial charge in [-0.1, -0.05) is 275 Å². The van der Waals surface area contributed by atoms with Gasteiger partial charge >= 0.3 is 33.6 Å². The molecule has 0 heterocycles. The maximum atomic E-state index is 13.0. The first-order valence-corrected chi connectivity index (χ1v) is 41.8. The van der Waals surface area contributed by atoms with Gasteiger partial charge in [-0.3, -0.25) is 32.5 Å². The Hall–Kier alpha value is -4.83. The van der Waals surface area contributed by atoms with Crippen LogP contribution in [0.4, 0.5) is 0 Å². The SMILES string of the molecule is CC/C=C\C/C=C\C/C=C\C/C=C\C/C=C\CCCCCC(=O)OC(COC(=O)CCCCCCC/C=C\C/C=C\C/C=C\C/C=C\CCCCC)COP(=O)(O)OCC(O)COP(=O)(O)OCC(O)COC(=O)CCCCCCCCCCC/C=C\C/C=C\C/C=C\C/C=C\CCCCC. The number of esters is 3. The van der Waals surface area contributed by atoms with Crippen LogP contribution in [0.1, 0.15) is 290 Å². The predicted octanol–water partition coefficient (Wildman–Crippen LogP) is 22.6. The third kappa shape index (κ3) is 76.1. The third-order valence-corrected chi connectivity index (χ3v) is 17.6. The van der Waals surface area contributed by atoms with E-state index >= 15 is 0 Å². The molecule has 0 radical (unpaired) electrons. The zero-order chi connectivity index (χ0) is 73.7. The van der Waals surface area contributed by atoms with Crippen LogP contribution in [0, 0.1) is 0 Å². The van der Waals surface area contributed by atoms with Gasteiger partial charge in [0.25, 0.3) is 0 Å². The number of hydrogen-bond donors (Lipinski definition) is 4. The van der Waals surface area contributed by atoms with E-state index in [4.69, 9.17) is 32.3 Å². The minimum atomic E-state index is -4.95. The monoisotopic (exact) mass is 1450 g/mol. The van der Waals surface area contributed by atoms with Crippen molar-refractivity contribution in [2.24, 2.45) is 0 Å². The van der Waals surface area contributed by atoms with E-state index in [1.54, 1.807) is 0 Å². The Morgan fingerprint density at radius 1 is 0.287 bits per heavy atom. The zero-order valence-electron chi connectivity index (χ0n) is 62.8.